The highest BCUT2D eigenvalue weighted by Crippen LogP contribution is 2.29. The first kappa shape index (κ1) is 12.5. The highest BCUT2D eigenvalue weighted by molar-refractivity contribution is 7.13. The predicted octanol–water partition coefficient (Wildman–Crippen LogP) is 0.494. The Morgan fingerprint density at radius 1 is 1.33 bits per heavy atom. The van der Waals surface area contributed by atoms with E-state index >= 15 is 0 Å². The molecule has 108 valence electrons. The smallest absolute Gasteiger partial charge is 0.229 e. The molecule has 21 heavy (non-hydrogen) atoms. The number of fused-ring (bicyclic) bond motifs is 1. The van der Waals surface area contributed by atoms with E-state index in [9.17, 15) is 4.79 Å². The monoisotopic (exact) mass is 302 g/mol. The van der Waals surface area contributed by atoms with Crippen molar-refractivity contribution in [3.05, 3.63) is 29.0 Å². The maximum absolute atomic E-state index is 12.5. The highest BCUT2D eigenvalue weighted by atomic mass is 32.1. The van der Waals surface area contributed by atoms with Gasteiger partial charge in [-0.3, -0.25) is 4.79 Å². The molecule has 0 aromatic carbocycles. The second-order valence-corrected chi connectivity index (χ2v) is 6.18. The van der Waals surface area contributed by atoms with Gasteiger partial charge < -0.3 is 15.5 Å². The molecule has 2 aliphatic heterocycles. The highest BCUT2D eigenvalue weighted by Gasteiger charge is 2.38. The van der Waals surface area contributed by atoms with Gasteiger partial charge in [0.1, 0.15) is 0 Å². The van der Waals surface area contributed by atoms with E-state index in [-0.39, 0.29) is 17.8 Å². The van der Waals surface area contributed by atoms with Crippen LogP contribution in [0.1, 0.15) is 11.3 Å². The van der Waals surface area contributed by atoms with Crippen LogP contribution in [0.25, 0.3) is 0 Å². The molecule has 1 saturated heterocycles. The lowest BCUT2D eigenvalue weighted by Gasteiger charge is -2.39. The molecule has 2 aliphatic rings. The van der Waals surface area contributed by atoms with E-state index in [0.29, 0.717) is 13.1 Å². The molecular formula is C13H14N6OS. The first-order chi connectivity index (χ1) is 10.2. The van der Waals surface area contributed by atoms with Gasteiger partial charge in [-0.1, -0.05) is 0 Å². The minimum absolute atomic E-state index is 0.0496. The Hall–Kier alpha value is -2.22. The summed E-state index contributed by atoms with van der Waals surface area (Å²) in [5.41, 5.74) is 7.45. The Bertz CT molecular complexity index is 682. The minimum atomic E-state index is 0.0496. The molecule has 0 saturated carbocycles. The number of nitrogens with zero attached hydrogens (tertiary/aromatic N) is 5. The number of aromatic nitrogens is 3. The van der Waals surface area contributed by atoms with E-state index < -0.39 is 0 Å². The van der Waals surface area contributed by atoms with Crippen LogP contribution in [0.15, 0.2) is 17.8 Å². The van der Waals surface area contributed by atoms with E-state index in [1.807, 2.05) is 10.3 Å². The van der Waals surface area contributed by atoms with Crippen molar-refractivity contribution in [2.24, 2.45) is 5.92 Å². The van der Waals surface area contributed by atoms with Gasteiger partial charge in [-0.2, -0.15) is 0 Å². The van der Waals surface area contributed by atoms with Gasteiger partial charge in [0.2, 0.25) is 11.9 Å². The Morgan fingerprint density at radius 3 is 2.95 bits per heavy atom. The number of nitrogen functional groups attached to an aromatic ring is 1. The summed E-state index contributed by atoms with van der Waals surface area (Å²) >= 11 is 1.60. The zero-order valence-corrected chi connectivity index (χ0v) is 12.1. The van der Waals surface area contributed by atoms with Gasteiger partial charge in [0.15, 0.2) is 5.13 Å². The van der Waals surface area contributed by atoms with Crippen LogP contribution >= 0.6 is 11.3 Å². The molecule has 0 aliphatic carbocycles. The van der Waals surface area contributed by atoms with E-state index in [1.54, 1.807) is 23.7 Å². The number of anilines is 2. The quantitative estimate of drug-likeness (QED) is 0.869. The van der Waals surface area contributed by atoms with Crippen molar-refractivity contribution < 1.29 is 4.79 Å². The minimum Gasteiger partial charge on any atom is -0.368 e. The van der Waals surface area contributed by atoms with Crippen LogP contribution in [0.3, 0.4) is 0 Å². The summed E-state index contributed by atoms with van der Waals surface area (Å²) in [6.45, 7) is 2.61. The number of hydrogen-bond donors (Lipinski definition) is 1. The summed E-state index contributed by atoms with van der Waals surface area (Å²) in [6, 6.07) is 0. The van der Waals surface area contributed by atoms with Crippen molar-refractivity contribution in [3.8, 4) is 0 Å². The summed E-state index contributed by atoms with van der Waals surface area (Å²) in [5.74, 6) is 0.495. The first-order valence-electron chi connectivity index (χ1n) is 6.74. The topological polar surface area (TPSA) is 88.2 Å². The normalized spacial score (nSPS) is 17.7. The number of nitrogens with two attached hydrogens (primary N) is 1. The van der Waals surface area contributed by atoms with Crippen LogP contribution in [-0.4, -0.2) is 38.8 Å². The van der Waals surface area contributed by atoms with Crippen molar-refractivity contribution >= 4 is 28.3 Å². The van der Waals surface area contributed by atoms with Crippen molar-refractivity contribution in [3.63, 3.8) is 0 Å². The fourth-order valence-electron chi connectivity index (χ4n) is 2.75. The van der Waals surface area contributed by atoms with Gasteiger partial charge in [-0.15, -0.1) is 11.3 Å². The zero-order chi connectivity index (χ0) is 14.4. The molecule has 4 rings (SSSR count). The lowest BCUT2D eigenvalue weighted by molar-refractivity contribution is -0.137. The van der Waals surface area contributed by atoms with Crippen LogP contribution in [0.2, 0.25) is 0 Å². The molecule has 0 radical (unpaired) electrons. The number of rotatable bonds is 2. The molecular weight excluding hydrogens is 288 g/mol. The van der Waals surface area contributed by atoms with Gasteiger partial charge in [0.05, 0.1) is 18.2 Å². The van der Waals surface area contributed by atoms with Crippen LogP contribution in [0, 0.1) is 5.92 Å². The Balaban J connectivity index is 1.40. The first-order valence-corrected chi connectivity index (χ1v) is 7.62. The number of thiazole rings is 1. The third kappa shape index (κ3) is 2.11. The van der Waals surface area contributed by atoms with E-state index in [4.69, 9.17) is 5.73 Å². The maximum atomic E-state index is 12.5. The Kier molecular flexibility index (Phi) is 2.78. The van der Waals surface area contributed by atoms with Crippen LogP contribution in [0.4, 0.5) is 11.1 Å². The van der Waals surface area contributed by atoms with Crippen molar-refractivity contribution in [1.29, 1.82) is 0 Å². The molecule has 1 amide bonds. The molecule has 7 nitrogen and oxygen atoms in total. The molecule has 0 bridgehead atoms. The lowest BCUT2D eigenvalue weighted by atomic mass is 9.99. The average Bonchev–Trinajstić information content (AvgIpc) is 3.05. The maximum Gasteiger partial charge on any atom is 0.229 e. The molecule has 1 fully saturated rings. The number of hydrogen-bond acceptors (Lipinski definition) is 7. The molecule has 2 N–H and O–H groups in total. The van der Waals surface area contributed by atoms with Crippen molar-refractivity contribution in [1.82, 2.24) is 19.9 Å². The van der Waals surface area contributed by atoms with E-state index in [2.05, 4.69) is 19.9 Å². The van der Waals surface area contributed by atoms with Crippen LogP contribution < -0.4 is 10.6 Å². The number of amides is 1. The van der Waals surface area contributed by atoms with Crippen molar-refractivity contribution in [2.75, 3.05) is 23.7 Å². The molecule has 0 spiro atoms. The molecule has 2 aromatic heterocycles. The van der Waals surface area contributed by atoms with Crippen LogP contribution in [0.5, 0.6) is 0 Å². The average molecular weight is 302 g/mol. The van der Waals surface area contributed by atoms with Gasteiger partial charge >= 0.3 is 0 Å². The van der Waals surface area contributed by atoms with Gasteiger partial charge in [0.25, 0.3) is 0 Å². The predicted molar refractivity (Wildman–Crippen MR) is 78.5 cm³/mol. The molecule has 2 aromatic rings. The fraction of sp³-hybridized carbons (Fsp3) is 0.385. The van der Waals surface area contributed by atoms with Crippen molar-refractivity contribution in [2.45, 2.75) is 13.1 Å². The fourth-order valence-corrected chi connectivity index (χ4v) is 3.41. The largest absolute Gasteiger partial charge is 0.368 e. The van der Waals surface area contributed by atoms with E-state index in [0.717, 1.165) is 29.5 Å². The van der Waals surface area contributed by atoms with Crippen LogP contribution in [-0.2, 0) is 17.9 Å². The second-order valence-electron chi connectivity index (χ2n) is 5.31. The number of carbonyl (C=O) groups excluding carboxylic acids is 1. The lowest BCUT2D eigenvalue weighted by Crippen LogP contribution is -2.53. The summed E-state index contributed by atoms with van der Waals surface area (Å²) in [6.07, 6.45) is 3.50. The standard InChI is InChI=1S/C13H14N6OS/c14-12-16-3-8-4-18(7-10(8)17-12)11(20)9-5-19(6-9)13-15-1-2-21-13/h1-3,9H,4-7H2,(H2,14,16,17). The molecule has 4 heterocycles. The third-order valence-electron chi connectivity index (χ3n) is 3.91. The third-order valence-corrected chi connectivity index (χ3v) is 4.74. The van der Waals surface area contributed by atoms with Gasteiger partial charge in [-0.05, 0) is 0 Å². The van der Waals surface area contributed by atoms with Gasteiger partial charge in [0, 0.05) is 43.0 Å². The summed E-state index contributed by atoms with van der Waals surface area (Å²) in [7, 11) is 0. The van der Waals surface area contributed by atoms with Gasteiger partial charge in [-0.25, -0.2) is 15.0 Å². The summed E-state index contributed by atoms with van der Waals surface area (Å²) in [4.78, 5) is 28.9. The summed E-state index contributed by atoms with van der Waals surface area (Å²) < 4.78 is 0. The molecule has 0 atom stereocenters. The second kappa shape index (κ2) is 4.66. The molecule has 0 unspecified atom stereocenters. The Labute approximate surface area is 125 Å². The van der Waals surface area contributed by atoms with E-state index in [1.165, 1.54) is 0 Å². The number of carbonyl (C=O) groups is 1. The SMILES string of the molecule is Nc1ncc2c(n1)CN(C(=O)C1CN(c3nccs3)C1)C2. The Morgan fingerprint density at radius 2 is 2.19 bits per heavy atom. The molecule has 8 heteroatoms. The zero-order valence-electron chi connectivity index (χ0n) is 11.3. The summed E-state index contributed by atoms with van der Waals surface area (Å²) in [5, 5.41) is 2.94.